The van der Waals surface area contributed by atoms with Gasteiger partial charge < -0.3 is 9.47 Å². The van der Waals surface area contributed by atoms with E-state index in [4.69, 9.17) is 9.47 Å². The minimum atomic E-state index is -0.427. The maximum Gasteiger partial charge on any atom is 0.337 e. The number of esters is 1. The Morgan fingerprint density at radius 1 is 1.11 bits per heavy atom. The topological polar surface area (TPSA) is 68.2 Å². The van der Waals surface area contributed by atoms with E-state index in [9.17, 15) is 14.0 Å². The number of halogens is 2. The average molecular weight is 555 g/mol. The Bertz CT molecular complexity index is 1320. The van der Waals surface area contributed by atoms with Crippen molar-refractivity contribution in [3.63, 3.8) is 0 Å². The summed E-state index contributed by atoms with van der Waals surface area (Å²) in [6.07, 6.45) is 1.76. The van der Waals surface area contributed by atoms with Crippen molar-refractivity contribution in [2.24, 2.45) is 4.99 Å². The minimum absolute atomic E-state index is 0.190. The Morgan fingerprint density at radius 2 is 1.83 bits per heavy atom. The number of thioether (sulfide) groups is 1. The first kappa shape index (κ1) is 24.7. The van der Waals surface area contributed by atoms with Gasteiger partial charge in [-0.2, -0.15) is 0 Å². The maximum absolute atomic E-state index is 13.2. The number of aliphatic imine (C=N–C) groups is 1. The number of carbonyl (C=O) groups is 2. The van der Waals surface area contributed by atoms with E-state index in [1.165, 1.54) is 35.9 Å². The fourth-order valence-corrected chi connectivity index (χ4v) is 4.56. The number of rotatable bonds is 6. The molecule has 0 N–H and O–H groups in total. The zero-order chi connectivity index (χ0) is 24.9. The summed E-state index contributed by atoms with van der Waals surface area (Å²) in [5.41, 5.74) is 2.57. The lowest BCUT2D eigenvalue weighted by Gasteiger charge is -2.10. The highest BCUT2D eigenvalue weighted by Gasteiger charge is 2.30. The molecule has 0 unspecified atom stereocenters. The second kappa shape index (κ2) is 10.9. The lowest BCUT2D eigenvalue weighted by molar-refractivity contribution is -0.121. The Kier molecular flexibility index (Phi) is 7.67. The molecule has 1 aliphatic rings. The van der Waals surface area contributed by atoms with Crippen molar-refractivity contribution in [3.05, 3.63) is 98.6 Å². The molecule has 1 fully saturated rings. The number of amides is 1. The third-order valence-electron chi connectivity index (χ3n) is 5.08. The van der Waals surface area contributed by atoms with Crippen LogP contribution in [0.4, 0.5) is 10.1 Å². The summed E-state index contributed by atoms with van der Waals surface area (Å²) in [7, 11) is 2.98. The van der Waals surface area contributed by atoms with E-state index in [2.05, 4.69) is 20.9 Å². The number of likely N-dealkylation sites (N-methyl/N-ethyl adjacent to an activating group) is 1. The van der Waals surface area contributed by atoms with Crippen molar-refractivity contribution in [2.45, 2.75) is 6.61 Å². The van der Waals surface area contributed by atoms with Crippen LogP contribution in [0.25, 0.3) is 6.08 Å². The van der Waals surface area contributed by atoms with Gasteiger partial charge in [0.25, 0.3) is 5.91 Å². The smallest absolute Gasteiger partial charge is 0.337 e. The van der Waals surface area contributed by atoms with E-state index < -0.39 is 5.97 Å². The molecule has 178 valence electrons. The summed E-state index contributed by atoms with van der Waals surface area (Å²) in [4.78, 5) is 31.0. The summed E-state index contributed by atoms with van der Waals surface area (Å²) in [6, 6.07) is 18.2. The number of ether oxygens (including phenoxy) is 2. The van der Waals surface area contributed by atoms with Crippen molar-refractivity contribution in [2.75, 3.05) is 14.2 Å². The summed E-state index contributed by atoms with van der Waals surface area (Å²) in [5.74, 6) is -0.335. The van der Waals surface area contributed by atoms with Crippen LogP contribution >= 0.6 is 27.7 Å². The number of carbonyl (C=O) groups excluding carboxylic acids is 2. The minimum Gasteiger partial charge on any atom is -0.488 e. The molecule has 1 aliphatic heterocycles. The number of hydrogen-bond acceptors (Lipinski definition) is 6. The van der Waals surface area contributed by atoms with Crippen molar-refractivity contribution >= 4 is 56.5 Å². The SMILES string of the molecule is COC(=O)c1ccc(N=C2SC(=Cc3cc(Br)ccc3OCc3ccc(F)cc3)C(=O)N2C)cc1. The molecule has 1 saturated heterocycles. The Balaban J connectivity index is 1.56. The second-order valence-corrected chi connectivity index (χ2v) is 9.43. The molecule has 1 heterocycles. The number of amidine groups is 1. The maximum atomic E-state index is 13.2. The van der Waals surface area contributed by atoms with Gasteiger partial charge in [-0.25, -0.2) is 14.2 Å². The Morgan fingerprint density at radius 3 is 2.51 bits per heavy atom. The van der Waals surface area contributed by atoms with Crippen LogP contribution in [0, 0.1) is 5.82 Å². The summed E-state index contributed by atoms with van der Waals surface area (Å²) < 4.78 is 24.7. The number of benzene rings is 3. The molecule has 0 bridgehead atoms. The van der Waals surface area contributed by atoms with Crippen LogP contribution in [0.15, 0.2) is 81.1 Å². The molecule has 3 aromatic rings. The fraction of sp³-hybridized carbons (Fsp3) is 0.115. The van der Waals surface area contributed by atoms with Crippen LogP contribution in [0.5, 0.6) is 5.75 Å². The molecule has 0 saturated carbocycles. The monoisotopic (exact) mass is 554 g/mol. The van der Waals surface area contributed by atoms with Gasteiger partial charge in [0.2, 0.25) is 0 Å². The Labute approximate surface area is 214 Å². The highest BCUT2D eigenvalue weighted by atomic mass is 79.9. The van der Waals surface area contributed by atoms with Crippen LogP contribution in [0.3, 0.4) is 0 Å². The zero-order valence-electron chi connectivity index (χ0n) is 18.8. The molecule has 0 atom stereocenters. The van der Waals surface area contributed by atoms with Crippen molar-refractivity contribution < 1.29 is 23.5 Å². The van der Waals surface area contributed by atoms with Crippen LogP contribution < -0.4 is 4.74 Å². The van der Waals surface area contributed by atoms with Gasteiger partial charge in [0.1, 0.15) is 18.2 Å². The molecular formula is C26H20BrFN2O4S. The van der Waals surface area contributed by atoms with Crippen LogP contribution in [-0.2, 0) is 16.1 Å². The third kappa shape index (κ3) is 5.98. The average Bonchev–Trinajstić information content (AvgIpc) is 3.12. The molecule has 0 spiro atoms. The van der Waals surface area contributed by atoms with Gasteiger partial charge in [0.15, 0.2) is 5.17 Å². The molecule has 0 aliphatic carbocycles. The predicted octanol–water partition coefficient (Wildman–Crippen LogP) is 6.19. The van der Waals surface area contributed by atoms with Gasteiger partial charge in [0, 0.05) is 17.1 Å². The third-order valence-corrected chi connectivity index (χ3v) is 6.64. The van der Waals surface area contributed by atoms with E-state index in [0.717, 1.165) is 15.6 Å². The predicted molar refractivity (Wildman–Crippen MR) is 138 cm³/mol. The first-order chi connectivity index (χ1) is 16.8. The lowest BCUT2D eigenvalue weighted by atomic mass is 10.1. The molecule has 3 aromatic carbocycles. The molecule has 0 aromatic heterocycles. The number of nitrogens with zero attached hydrogens (tertiary/aromatic N) is 2. The number of hydrogen-bond donors (Lipinski definition) is 0. The first-order valence-corrected chi connectivity index (χ1v) is 12.1. The van der Waals surface area contributed by atoms with Crippen molar-refractivity contribution in [1.82, 2.24) is 4.90 Å². The van der Waals surface area contributed by atoms with Gasteiger partial charge in [-0.15, -0.1) is 0 Å². The second-order valence-electron chi connectivity index (χ2n) is 7.50. The summed E-state index contributed by atoms with van der Waals surface area (Å²) >= 11 is 4.71. The van der Waals surface area contributed by atoms with Gasteiger partial charge in [-0.05, 0) is 78.0 Å². The van der Waals surface area contributed by atoms with Gasteiger partial charge in [-0.3, -0.25) is 9.69 Å². The van der Waals surface area contributed by atoms with Gasteiger partial charge >= 0.3 is 5.97 Å². The van der Waals surface area contributed by atoms with Crippen molar-refractivity contribution in [1.29, 1.82) is 0 Å². The highest BCUT2D eigenvalue weighted by Crippen LogP contribution is 2.35. The first-order valence-electron chi connectivity index (χ1n) is 10.5. The molecular weight excluding hydrogens is 535 g/mol. The van der Waals surface area contributed by atoms with E-state index in [1.54, 1.807) is 49.5 Å². The number of methoxy groups -OCH3 is 1. The molecule has 35 heavy (non-hydrogen) atoms. The highest BCUT2D eigenvalue weighted by molar-refractivity contribution is 9.10. The molecule has 4 rings (SSSR count). The van der Waals surface area contributed by atoms with Crippen LogP contribution in [0.1, 0.15) is 21.5 Å². The molecule has 9 heteroatoms. The Hall–Kier alpha value is -3.43. The van der Waals surface area contributed by atoms with E-state index in [-0.39, 0.29) is 18.3 Å². The zero-order valence-corrected chi connectivity index (χ0v) is 21.2. The quantitative estimate of drug-likeness (QED) is 0.268. The van der Waals surface area contributed by atoms with Crippen LogP contribution in [0.2, 0.25) is 0 Å². The van der Waals surface area contributed by atoms with Crippen molar-refractivity contribution in [3.8, 4) is 5.75 Å². The van der Waals surface area contributed by atoms with Crippen LogP contribution in [-0.4, -0.2) is 36.1 Å². The van der Waals surface area contributed by atoms with E-state index in [0.29, 0.717) is 27.1 Å². The summed E-state index contributed by atoms with van der Waals surface area (Å²) in [5, 5.41) is 0.510. The standard InChI is InChI=1S/C26H20BrFN2O4S/c1-30-24(31)23(35-26(30)29-21-10-5-17(6-11-21)25(32)33-2)14-18-13-19(27)7-12-22(18)34-15-16-3-8-20(28)9-4-16/h3-14H,15H2,1-2H3. The van der Waals surface area contributed by atoms with E-state index >= 15 is 0 Å². The largest absolute Gasteiger partial charge is 0.488 e. The molecule has 6 nitrogen and oxygen atoms in total. The molecule has 0 radical (unpaired) electrons. The fourth-order valence-electron chi connectivity index (χ4n) is 3.20. The summed E-state index contributed by atoms with van der Waals surface area (Å²) in [6.45, 7) is 0.257. The lowest BCUT2D eigenvalue weighted by Crippen LogP contribution is -2.23. The van der Waals surface area contributed by atoms with Gasteiger partial charge in [0.05, 0.1) is 23.3 Å². The normalized spacial score (nSPS) is 15.7. The molecule has 1 amide bonds. The van der Waals surface area contributed by atoms with Gasteiger partial charge in [-0.1, -0.05) is 28.1 Å². The van der Waals surface area contributed by atoms with E-state index in [1.807, 2.05) is 18.2 Å².